The van der Waals surface area contributed by atoms with Gasteiger partial charge in [-0.25, -0.2) is 0 Å². The summed E-state index contributed by atoms with van der Waals surface area (Å²) in [5, 5.41) is 2.90. The lowest BCUT2D eigenvalue weighted by Gasteiger charge is -2.18. The molecular formula is C11H12F5N3. The minimum atomic E-state index is -5.77. The molecule has 1 rings (SSSR count). The quantitative estimate of drug-likeness (QED) is 0.387. The van der Waals surface area contributed by atoms with Crippen LogP contribution in [-0.4, -0.2) is 17.9 Å². The number of halogens is 5. The lowest BCUT2D eigenvalue weighted by molar-refractivity contribution is -0.249. The van der Waals surface area contributed by atoms with E-state index >= 15 is 0 Å². The summed E-state index contributed by atoms with van der Waals surface area (Å²) >= 11 is 0. The highest BCUT2D eigenvalue weighted by molar-refractivity contribution is 5.88. The molecule has 0 fully saturated rings. The Labute approximate surface area is 106 Å². The molecule has 0 unspecified atom stereocenters. The molecule has 0 amide bonds. The molecule has 0 atom stereocenters. The molecule has 0 saturated heterocycles. The van der Waals surface area contributed by atoms with Crippen LogP contribution in [0, 0.1) is 13.8 Å². The lowest BCUT2D eigenvalue weighted by atomic mass is 10.1. The molecular weight excluding hydrogens is 269 g/mol. The fraction of sp³-hybridized carbons (Fsp3) is 0.364. The van der Waals surface area contributed by atoms with Crippen LogP contribution < -0.4 is 11.2 Å². The Hall–Kier alpha value is -1.86. The summed E-state index contributed by atoms with van der Waals surface area (Å²) in [7, 11) is 0. The van der Waals surface area contributed by atoms with Crippen LogP contribution in [0.5, 0.6) is 0 Å². The van der Waals surface area contributed by atoms with Gasteiger partial charge in [0.15, 0.2) is 5.84 Å². The van der Waals surface area contributed by atoms with E-state index in [9.17, 15) is 22.0 Å². The Bertz CT molecular complexity index is 494. The molecule has 3 N–H and O–H groups in total. The molecule has 0 spiro atoms. The molecule has 0 aromatic heterocycles. The van der Waals surface area contributed by atoms with Gasteiger partial charge in [-0.15, -0.1) is 0 Å². The van der Waals surface area contributed by atoms with E-state index in [1.54, 1.807) is 19.1 Å². The average molecular weight is 281 g/mol. The molecule has 1 aromatic carbocycles. The topological polar surface area (TPSA) is 50.4 Å². The fourth-order valence-corrected chi connectivity index (χ4v) is 1.27. The summed E-state index contributed by atoms with van der Waals surface area (Å²) in [6.45, 7) is 3.47. The second-order valence-electron chi connectivity index (χ2n) is 4.00. The van der Waals surface area contributed by atoms with Crippen LogP contribution in [-0.2, 0) is 0 Å². The third-order valence-electron chi connectivity index (χ3n) is 2.36. The number of nitrogens with one attached hydrogen (secondary N) is 1. The van der Waals surface area contributed by atoms with Crippen molar-refractivity contribution in [2.45, 2.75) is 25.9 Å². The van der Waals surface area contributed by atoms with Gasteiger partial charge in [0.05, 0.1) is 5.69 Å². The SMILES string of the molecule is Cc1ccc(N/N=C(\N)C(F)(F)C(F)(F)F)c(C)c1. The van der Waals surface area contributed by atoms with Crippen molar-refractivity contribution >= 4 is 11.5 Å². The second-order valence-corrected chi connectivity index (χ2v) is 4.00. The number of amidine groups is 1. The van der Waals surface area contributed by atoms with E-state index in [1.807, 2.05) is 6.92 Å². The summed E-state index contributed by atoms with van der Waals surface area (Å²) in [6, 6.07) is 4.88. The van der Waals surface area contributed by atoms with Crippen molar-refractivity contribution in [1.29, 1.82) is 0 Å². The van der Waals surface area contributed by atoms with E-state index in [1.165, 1.54) is 6.07 Å². The van der Waals surface area contributed by atoms with Crippen LogP contribution in [0.25, 0.3) is 0 Å². The zero-order chi connectivity index (χ0) is 14.8. The van der Waals surface area contributed by atoms with E-state index in [0.717, 1.165) is 5.56 Å². The van der Waals surface area contributed by atoms with Gasteiger partial charge in [0.1, 0.15) is 0 Å². The largest absolute Gasteiger partial charge is 0.461 e. The number of hydrogen-bond donors (Lipinski definition) is 2. The van der Waals surface area contributed by atoms with Gasteiger partial charge in [0.25, 0.3) is 0 Å². The summed E-state index contributed by atoms with van der Waals surface area (Å²) in [4.78, 5) is 0. The zero-order valence-corrected chi connectivity index (χ0v) is 10.1. The summed E-state index contributed by atoms with van der Waals surface area (Å²) in [6.07, 6.45) is -5.77. The number of alkyl halides is 5. The van der Waals surface area contributed by atoms with E-state index in [4.69, 9.17) is 0 Å². The maximum absolute atomic E-state index is 12.8. The molecule has 0 radical (unpaired) electrons. The molecule has 0 aliphatic carbocycles. The molecule has 0 heterocycles. The summed E-state index contributed by atoms with van der Waals surface area (Å²) < 4.78 is 61.6. The molecule has 1 aromatic rings. The number of rotatable bonds is 3. The van der Waals surface area contributed by atoms with Crippen molar-refractivity contribution in [2.75, 3.05) is 5.43 Å². The highest BCUT2D eigenvalue weighted by Crippen LogP contribution is 2.35. The van der Waals surface area contributed by atoms with Crippen LogP contribution in [0.15, 0.2) is 23.3 Å². The molecule has 8 heteroatoms. The smallest absolute Gasteiger partial charge is 0.380 e. The van der Waals surface area contributed by atoms with Gasteiger partial charge >= 0.3 is 12.1 Å². The van der Waals surface area contributed by atoms with Crippen LogP contribution in [0.4, 0.5) is 27.6 Å². The second kappa shape index (κ2) is 5.02. The highest BCUT2D eigenvalue weighted by Gasteiger charge is 2.61. The summed E-state index contributed by atoms with van der Waals surface area (Å²) in [5.41, 5.74) is 8.64. The van der Waals surface area contributed by atoms with E-state index in [-0.39, 0.29) is 0 Å². The molecule has 0 bridgehead atoms. The van der Waals surface area contributed by atoms with E-state index < -0.39 is 17.9 Å². The van der Waals surface area contributed by atoms with Gasteiger partial charge in [-0.05, 0) is 25.5 Å². The van der Waals surface area contributed by atoms with E-state index in [0.29, 0.717) is 11.3 Å². The van der Waals surface area contributed by atoms with Gasteiger partial charge < -0.3 is 5.73 Å². The first-order valence-corrected chi connectivity index (χ1v) is 5.17. The Kier molecular flexibility index (Phi) is 4.02. The van der Waals surface area contributed by atoms with Crippen LogP contribution in [0.3, 0.4) is 0 Å². The lowest BCUT2D eigenvalue weighted by Crippen LogP contribution is -2.48. The minimum Gasteiger partial charge on any atom is -0.380 e. The third kappa shape index (κ3) is 3.33. The van der Waals surface area contributed by atoms with Crippen LogP contribution >= 0.6 is 0 Å². The number of nitrogens with zero attached hydrogens (tertiary/aromatic N) is 1. The monoisotopic (exact) mass is 281 g/mol. The van der Waals surface area contributed by atoms with Crippen molar-refractivity contribution in [3.05, 3.63) is 29.3 Å². The predicted molar refractivity (Wildman–Crippen MR) is 62.2 cm³/mol. The van der Waals surface area contributed by atoms with Crippen molar-refractivity contribution in [2.24, 2.45) is 10.8 Å². The summed E-state index contributed by atoms with van der Waals surface area (Å²) in [5.74, 6) is -7.00. The normalized spacial score (nSPS) is 13.5. The first-order valence-electron chi connectivity index (χ1n) is 5.17. The predicted octanol–water partition coefficient (Wildman–Crippen LogP) is 3.19. The van der Waals surface area contributed by atoms with Gasteiger partial charge in [0.2, 0.25) is 0 Å². The number of aryl methyl sites for hydroxylation is 2. The Balaban J connectivity index is 2.93. The number of anilines is 1. The molecule has 0 saturated carbocycles. The maximum atomic E-state index is 12.8. The number of hydrogen-bond acceptors (Lipinski definition) is 2. The molecule has 0 aliphatic rings. The molecule has 19 heavy (non-hydrogen) atoms. The molecule has 0 aliphatic heterocycles. The van der Waals surface area contributed by atoms with Crippen molar-refractivity contribution in [3.8, 4) is 0 Å². The van der Waals surface area contributed by atoms with Gasteiger partial charge in [-0.2, -0.15) is 27.1 Å². The Morgan fingerprint density at radius 2 is 1.74 bits per heavy atom. The highest BCUT2D eigenvalue weighted by atomic mass is 19.4. The molecule has 106 valence electrons. The third-order valence-corrected chi connectivity index (χ3v) is 2.36. The van der Waals surface area contributed by atoms with Crippen molar-refractivity contribution in [1.82, 2.24) is 0 Å². The van der Waals surface area contributed by atoms with Crippen LogP contribution in [0.2, 0.25) is 0 Å². The van der Waals surface area contributed by atoms with Crippen molar-refractivity contribution in [3.63, 3.8) is 0 Å². The Morgan fingerprint density at radius 1 is 1.16 bits per heavy atom. The zero-order valence-electron chi connectivity index (χ0n) is 10.1. The van der Waals surface area contributed by atoms with Crippen molar-refractivity contribution < 1.29 is 22.0 Å². The first-order chi connectivity index (χ1) is 8.55. The van der Waals surface area contributed by atoms with Gasteiger partial charge in [-0.3, -0.25) is 5.43 Å². The number of hydrazone groups is 1. The van der Waals surface area contributed by atoms with E-state index in [2.05, 4.69) is 16.3 Å². The minimum absolute atomic E-state index is 0.298. The van der Waals surface area contributed by atoms with Gasteiger partial charge in [0, 0.05) is 0 Å². The fourth-order valence-electron chi connectivity index (χ4n) is 1.27. The van der Waals surface area contributed by atoms with Gasteiger partial charge in [-0.1, -0.05) is 17.7 Å². The van der Waals surface area contributed by atoms with Crippen LogP contribution in [0.1, 0.15) is 11.1 Å². The number of benzene rings is 1. The number of nitrogens with two attached hydrogens (primary N) is 1. The standard InChI is InChI=1S/C11H12F5N3/c1-6-3-4-8(7(2)5-6)18-19-9(17)10(12,13)11(14,15)16/h3-5,18H,1-2H3,(H2,17,19). The average Bonchev–Trinajstić information content (AvgIpc) is 2.25. The maximum Gasteiger partial charge on any atom is 0.461 e. The Morgan fingerprint density at radius 3 is 2.21 bits per heavy atom. The molecule has 3 nitrogen and oxygen atoms in total. The first kappa shape index (κ1) is 15.2.